The molecule has 1 heterocycles. The Kier molecular flexibility index (Phi) is 4.22. The van der Waals surface area contributed by atoms with E-state index in [0.717, 1.165) is 29.2 Å². The summed E-state index contributed by atoms with van der Waals surface area (Å²) in [5, 5.41) is 0.581. The molecule has 126 valence electrons. The standard InChI is InChI=1S/C11H10F3N3O5S/c1-16-9(18)6-17(10(16)19)15-23(20,21)8-4-2-7(3-5-8)22-11(12,13)14/h2-5,15H,6H2,1H3. The van der Waals surface area contributed by atoms with Crippen molar-refractivity contribution in [3.63, 3.8) is 0 Å². The highest BCUT2D eigenvalue weighted by Crippen LogP contribution is 2.24. The number of hydrazine groups is 1. The zero-order valence-corrected chi connectivity index (χ0v) is 12.3. The van der Waals surface area contributed by atoms with E-state index in [1.165, 1.54) is 7.05 Å². The second kappa shape index (κ2) is 5.70. The predicted molar refractivity (Wildman–Crippen MR) is 68.3 cm³/mol. The Morgan fingerprint density at radius 2 is 1.74 bits per heavy atom. The maximum atomic E-state index is 12.0. The fourth-order valence-corrected chi connectivity index (χ4v) is 2.72. The number of amides is 3. The molecule has 0 atom stereocenters. The van der Waals surface area contributed by atoms with Crippen molar-refractivity contribution in [1.29, 1.82) is 0 Å². The number of rotatable bonds is 4. The summed E-state index contributed by atoms with van der Waals surface area (Å²) in [6.07, 6.45) is -4.90. The van der Waals surface area contributed by atoms with Crippen LogP contribution in [-0.4, -0.2) is 50.2 Å². The van der Waals surface area contributed by atoms with Gasteiger partial charge in [0.25, 0.3) is 15.9 Å². The first-order valence-corrected chi connectivity index (χ1v) is 7.44. The second-order valence-corrected chi connectivity index (χ2v) is 6.10. The number of sulfonamides is 1. The van der Waals surface area contributed by atoms with E-state index in [2.05, 4.69) is 4.74 Å². The van der Waals surface area contributed by atoms with Crippen LogP contribution in [0.2, 0.25) is 0 Å². The molecule has 0 spiro atoms. The van der Waals surface area contributed by atoms with Crippen molar-refractivity contribution in [3.8, 4) is 5.75 Å². The largest absolute Gasteiger partial charge is 0.573 e. The first-order chi connectivity index (χ1) is 10.5. The Morgan fingerprint density at radius 3 is 2.17 bits per heavy atom. The third-order valence-corrected chi connectivity index (χ3v) is 4.14. The molecule has 1 aliphatic rings. The van der Waals surface area contributed by atoms with Crippen LogP contribution < -0.4 is 9.57 Å². The minimum Gasteiger partial charge on any atom is -0.406 e. The lowest BCUT2D eigenvalue weighted by Crippen LogP contribution is -2.44. The van der Waals surface area contributed by atoms with Crippen LogP contribution in [0, 0.1) is 0 Å². The number of carbonyl (C=O) groups is 2. The Morgan fingerprint density at radius 1 is 1.17 bits per heavy atom. The van der Waals surface area contributed by atoms with E-state index >= 15 is 0 Å². The summed E-state index contributed by atoms with van der Waals surface area (Å²) in [7, 11) is -3.06. The number of carbonyl (C=O) groups excluding carboxylic acids is 2. The van der Waals surface area contributed by atoms with E-state index in [9.17, 15) is 31.2 Å². The highest BCUT2D eigenvalue weighted by Gasteiger charge is 2.36. The van der Waals surface area contributed by atoms with E-state index in [1.54, 1.807) is 0 Å². The van der Waals surface area contributed by atoms with Gasteiger partial charge in [-0.15, -0.1) is 18.0 Å². The normalized spacial score (nSPS) is 16.2. The number of hydrogen-bond donors (Lipinski definition) is 1. The topological polar surface area (TPSA) is 96.0 Å². The summed E-state index contributed by atoms with van der Waals surface area (Å²) >= 11 is 0. The lowest BCUT2D eigenvalue weighted by molar-refractivity contribution is -0.274. The van der Waals surface area contributed by atoms with Crippen molar-refractivity contribution in [1.82, 2.24) is 14.7 Å². The van der Waals surface area contributed by atoms with Gasteiger partial charge in [0, 0.05) is 7.05 Å². The second-order valence-electron chi connectivity index (χ2n) is 4.44. The smallest absolute Gasteiger partial charge is 0.406 e. The number of likely N-dealkylation sites (N-methyl/N-ethyl adjacent to an activating group) is 1. The lowest BCUT2D eigenvalue weighted by atomic mass is 10.3. The molecule has 0 radical (unpaired) electrons. The molecule has 3 amide bonds. The number of alkyl halides is 3. The van der Waals surface area contributed by atoms with E-state index in [4.69, 9.17) is 0 Å². The number of hydrogen-bond acceptors (Lipinski definition) is 5. The first kappa shape index (κ1) is 17.0. The van der Waals surface area contributed by atoms with Crippen molar-refractivity contribution < 1.29 is 35.9 Å². The SMILES string of the molecule is CN1C(=O)CN(NS(=O)(=O)c2ccc(OC(F)(F)F)cc2)C1=O. The van der Waals surface area contributed by atoms with Crippen LogP contribution in [0.1, 0.15) is 0 Å². The van der Waals surface area contributed by atoms with Gasteiger partial charge in [-0.3, -0.25) is 9.69 Å². The molecule has 1 aromatic carbocycles. The van der Waals surface area contributed by atoms with Crippen molar-refractivity contribution >= 4 is 22.0 Å². The fraction of sp³-hybridized carbons (Fsp3) is 0.273. The average molecular weight is 353 g/mol. The van der Waals surface area contributed by atoms with Crippen molar-refractivity contribution in [2.75, 3.05) is 13.6 Å². The van der Waals surface area contributed by atoms with Gasteiger partial charge >= 0.3 is 12.4 Å². The van der Waals surface area contributed by atoms with Crippen LogP contribution in [0.5, 0.6) is 5.75 Å². The molecule has 0 saturated carbocycles. The van der Waals surface area contributed by atoms with Crippen molar-refractivity contribution in [2.24, 2.45) is 0 Å². The maximum Gasteiger partial charge on any atom is 0.573 e. The van der Waals surface area contributed by atoms with E-state index < -0.39 is 45.5 Å². The summed E-state index contributed by atoms with van der Waals surface area (Å²) in [6.45, 7) is -0.482. The van der Waals surface area contributed by atoms with Crippen LogP contribution in [0.25, 0.3) is 0 Å². The summed E-state index contributed by atoms with van der Waals surface area (Å²) in [4.78, 5) is 25.1. The molecule has 1 N–H and O–H groups in total. The monoisotopic (exact) mass is 353 g/mol. The Labute approximate surface area is 128 Å². The molecule has 0 aliphatic carbocycles. The van der Waals surface area contributed by atoms with Crippen molar-refractivity contribution in [2.45, 2.75) is 11.3 Å². The molecule has 2 rings (SSSR count). The zero-order chi connectivity index (χ0) is 17.4. The van der Waals surface area contributed by atoms with Gasteiger partial charge in [-0.05, 0) is 24.3 Å². The number of benzene rings is 1. The number of nitrogens with one attached hydrogen (secondary N) is 1. The van der Waals surface area contributed by atoms with Gasteiger partial charge in [0.05, 0.1) is 4.90 Å². The Hall–Kier alpha value is -2.34. The van der Waals surface area contributed by atoms with Gasteiger partial charge in [-0.2, -0.15) is 0 Å². The third kappa shape index (κ3) is 3.90. The van der Waals surface area contributed by atoms with Crippen LogP contribution in [0.4, 0.5) is 18.0 Å². The maximum absolute atomic E-state index is 12.0. The number of imide groups is 1. The molecule has 1 aromatic rings. The molecule has 0 unspecified atom stereocenters. The van der Waals surface area contributed by atoms with E-state index in [-0.39, 0.29) is 0 Å². The van der Waals surface area contributed by atoms with Crippen LogP contribution in [0.15, 0.2) is 29.2 Å². The van der Waals surface area contributed by atoms with Crippen LogP contribution >= 0.6 is 0 Å². The Balaban J connectivity index is 2.14. The number of urea groups is 1. The minimum atomic E-state index is -4.90. The molecule has 1 saturated heterocycles. The summed E-state index contributed by atoms with van der Waals surface area (Å²) in [6, 6.07) is 2.50. The lowest BCUT2D eigenvalue weighted by Gasteiger charge is -2.16. The molecule has 0 bridgehead atoms. The van der Waals surface area contributed by atoms with Crippen LogP contribution in [0.3, 0.4) is 0 Å². The fourth-order valence-electron chi connectivity index (χ4n) is 1.69. The van der Waals surface area contributed by atoms with Gasteiger partial charge in [-0.1, -0.05) is 0 Å². The van der Waals surface area contributed by atoms with E-state index in [0.29, 0.717) is 5.01 Å². The van der Waals surface area contributed by atoms with E-state index in [1.807, 2.05) is 4.83 Å². The first-order valence-electron chi connectivity index (χ1n) is 5.96. The molecule has 12 heteroatoms. The summed E-state index contributed by atoms with van der Waals surface area (Å²) < 4.78 is 63.8. The summed E-state index contributed by atoms with van der Waals surface area (Å²) in [5.74, 6) is -1.20. The molecular weight excluding hydrogens is 343 g/mol. The van der Waals surface area contributed by atoms with Gasteiger partial charge in [0.1, 0.15) is 12.3 Å². The number of halogens is 3. The van der Waals surface area contributed by atoms with Gasteiger partial charge in [0.15, 0.2) is 0 Å². The van der Waals surface area contributed by atoms with Gasteiger partial charge in [-0.25, -0.2) is 18.2 Å². The molecular formula is C11H10F3N3O5S. The highest BCUT2D eigenvalue weighted by atomic mass is 32.2. The third-order valence-electron chi connectivity index (χ3n) is 2.78. The summed E-state index contributed by atoms with van der Waals surface area (Å²) in [5.41, 5.74) is 0. The molecule has 23 heavy (non-hydrogen) atoms. The van der Waals surface area contributed by atoms with Gasteiger partial charge < -0.3 is 4.74 Å². The van der Waals surface area contributed by atoms with Crippen LogP contribution in [-0.2, 0) is 14.8 Å². The molecule has 1 aliphatic heterocycles. The number of nitrogens with zero attached hydrogens (tertiary/aromatic N) is 2. The number of ether oxygens (including phenoxy) is 1. The average Bonchev–Trinajstić information content (AvgIpc) is 2.64. The predicted octanol–water partition coefficient (Wildman–Crippen LogP) is 0.673. The minimum absolute atomic E-state index is 0.401. The zero-order valence-electron chi connectivity index (χ0n) is 11.5. The Bertz CT molecular complexity index is 732. The molecule has 8 nitrogen and oxygen atoms in total. The molecule has 0 aromatic heterocycles. The molecule has 1 fully saturated rings. The van der Waals surface area contributed by atoms with Crippen molar-refractivity contribution in [3.05, 3.63) is 24.3 Å². The quantitative estimate of drug-likeness (QED) is 0.803. The van der Waals surface area contributed by atoms with Gasteiger partial charge in [0.2, 0.25) is 0 Å². The highest BCUT2D eigenvalue weighted by molar-refractivity contribution is 7.89.